The van der Waals surface area contributed by atoms with E-state index in [1.807, 2.05) is 0 Å². The molecule has 0 aromatic rings. The highest BCUT2D eigenvalue weighted by Gasteiger charge is 2.68. The molecule has 5 rings (SSSR count). The van der Waals surface area contributed by atoms with E-state index in [2.05, 4.69) is 0 Å². The third-order valence-corrected chi connectivity index (χ3v) is 6.93. The second-order valence-electron chi connectivity index (χ2n) is 8.12. The van der Waals surface area contributed by atoms with E-state index in [9.17, 15) is 14.4 Å². The average molecular weight is 380 g/mol. The third kappa shape index (κ3) is 2.22. The Morgan fingerprint density at radius 2 is 1.22 bits per heavy atom. The van der Waals surface area contributed by atoms with Gasteiger partial charge >= 0.3 is 6.03 Å². The monoisotopic (exact) mass is 380 g/mol. The van der Waals surface area contributed by atoms with E-state index in [0.29, 0.717) is 38.9 Å². The summed E-state index contributed by atoms with van der Waals surface area (Å²) in [7, 11) is 2.88. The number of ether oxygens (including phenoxy) is 4. The average Bonchev–Trinajstić information content (AvgIpc) is 3.24. The molecule has 5 aliphatic rings. The number of rotatable bonds is 2. The topological polar surface area (TPSA) is 94.6 Å². The molecule has 0 saturated carbocycles. The van der Waals surface area contributed by atoms with Crippen LogP contribution in [0.25, 0.3) is 0 Å². The van der Waals surface area contributed by atoms with Gasteiger partial charge in [-0.2, -0.15) is 0 Å². The standard InChI is InChI=1S/C18H24N2O7/c1-19-15(21)18(16(22)20(2)17(19)23,9-3-5-13-24-7-11(9)26-13)10-4-6-14-25-8-12(10)27-14/h9-14H,3-8H2,1-2H3/t9-,10+,11-,12-,13+,14+/m1/s1. The Kier molecular flexibility index (Phi) is 3.88. The van der Waals surface area contributed by atoms with E-state index < -0.39 is 23.3 Å². The van der Waals surface area contributed by atoms with Crippen LogP contribution in [0.2, 0.25) is 0 Å². The van der Waals surface area contributed by atoms with Gasteiger partial charge in [0.1, 0.15) is 5.41 Å². The number of fused-ring (bicyclic) bond motifs is 4. The number of carbonyl (C=O) groups is 3. The maximum atomic E-state index is 13.6. The van der Waals surface area contributed by atoms with Crippen LogP contribution in [0.3, 0.4) is 0 Å². The van der Waals surface area contributed by atoms with Crippen LogP contribution in [0, 0.1) is 17.3 Å². The maximum absolute atomic E-state index is 13.6. The molecule has 0 aromatic carbocycles. The van der Waals surface area contributed by atoms with Crippen LogP contribution >= 0.6 is 0 Å². The number of barbiturate groups is 1. The highest BCUT2D eigenvalue weighted by atomic mass is 16.7. The van der Waals surface area contributed by atoms with Crippen molar-refractivity contribution < 1.29 is 33.3 Å². The summed E-state index contributed by atoms with van der Waals surface area (Å²) in [5, 5.41) is 0. The normalized spacial score (nSPS) is 43.6. The van der Waals surface area contributed by atoms with Gasteiger partial charge in [0.15, 0.2) is 12.6 Å². The van der Waals surface area contributed by atoms with Gasteiger partial charge in [0.25, 0.3) is 0 Å². The van der Waals surface area contributed by atoms with Gasteiger partial charge in [-0.3, -0.25) is 19.4 Å². The summed E-state index contributed by atoms with van der Waals surface area (Å²) in [6.45, 7) is 0.715. The van der Waals surface area contributed by atoms with Crippen molar-refractivity contribution in [2.24, 2.45) is 17.3 Å². The van der Waals surface area contributed by atoms with Gasteiger partial charge < -0.3 is 18.9 Å². The minimum absolute atomic E-state index is 0.268. The zero-order valence-corrected chi connectivity index (χ0v) is 15.5. The molecule has 6 atom stereocenters. The lowest BCUT2D eigenvalue weighted by Crippen LogP contribution is -2.71. The minimum Gasteiger partial charge on any atom is -0.350 e. The van der Waals surface area contributed by atoms with Gasteiger partial charge in [-0.1, -0.05) is 0 Å². The van der Waals surface area contributed by atoms with Gasteiger partial charge in [-0.25, -0.2) is 4.79 Å². The summed E-state index contributed by atoms with van der Waals surface area (Å²) in [5.74, 6) is -1.62. The number of amides is 4. The Morgan fingerprint density at radius 3 is 1.67 bits per heavy atom. The van der Waals surface area contributed by atoms with Gasteiger partial charge in [-0.15, -0.1) is 0 Å². The number of hydrogen-bond acceptors (Lipinski definition) is 7. The van der Waals surface area contributed by atoms with E-state index in [-0.39, 0.29) is 36.6 Å². The molecule has 27 heavy (non-hydrogen) atoms. The fourth-order valence-corrected chi connectivity index (χ4v) is 5.68. The number of nitrogens with zero attached hydrogens (tertiary/aromatic N) is 2. The molecule has 9 nitrogen and oxygen atoms in total. The van der Waals surface area contributed by atoms with E-state index in [1.165, 1.54) is 14.1 Å². The smallest absolute Gasteiger partial charge is 0.332 e. The fraction of sp³-hybridized carbons (Fsp3) is 0.833. The second kappa shape index (κ2) is 5.97. The van der Waals surface area contributed by atoms with Crippen LogP contribution in [-0.4, -0.2) is 79.7 Å². The fourth-order valence-electron chi connectivity index (χ4n) is 5.68. The Morgan fingerprint density at radius 1 is 0.778 bits per heavy atom. The molecule has 0 N–H and O–H groups in total. The molecule has 0 aromatic heterocycles. The first-order valence-corrected chi connectivity index (χ1v) is 9.59. The van der Waals surface area contributed by atoms with Crippen molar-refractivity contribution in [1.29, 1.82) is 0 Å². The Bertz CT molecular complexity index is 641. The Hall–Kier alpha value is -1.55. The number of imide groups is 2. The predicted octanol–water partition coefficient (Wildman–Crippen LogP) is 0.326. The third-order valence-electron chi connectivity index (χ3n) is 6.93. The lowest BCUT2D eigenvalue weighted by atomic mass is 9.57. The molecule has 148 valence electrons. The van der Waals surface area contributed by atoms with Gasteiger partial charge in [0.05, 0.1) is 25.4 Å². The first kappa shape index (κ1) is 17.5. The van der Waals surface area contributed by atoms with E-state index in [0.717, 1.165) is 9.80 Å². The molecule has 5 heterocycles. The number of carbonyl (C=O) groups excluding carboxylic acids is 3. The molecule has 5 aliphatic heterocycles. The molecule has 0 aliphatic carbocycles. The van der Waals surface area contributed by atoms with Gasteiger partial charge in [-0.05, 0) is 25.7 Å². The van der Waals surface area contributed by atoms with Gasteiger partial charge in [0, 0.05) is 25.9 Å². The van der Waals surface area contributed by atoms with E-state index in [1.54, 1.807) is 0 Å². The Balaban J connectivity index is 1.64. The Labute approximate surface area is 156 Å². The molecule has 4 amide bonds. The molecule has 0 unspecified atom stereocenters. The van der Waals surface area contributed by atoms with Crippen LogP contribution in [-0.2, 0) is 28.5 Å². The van der Waals surface area contributed by atoms with Crippen LogP contribution in [0.1, 0.15) is 25.7 Å². The van der Waals surface area contributed by atoms with Crippen LogP contribution in [0.15, 0.2) is 0 Å². The van der Waals surface area contributed by atoms with Crippen molar-refractivity contribution in [3.8, 4) is 0 Å². The van der Waals surface area contributed by atoms with Crippen molar-refractivity contribution in [2.45, 2.75) is 50.5 Å². The molecule has 9 heteroatoms. The van der Waals surface area contributed by atoms with Crippen molar-refractivity contribution in [1.82, 2.24) is 9.80 Å². The van der Waals surface area contributed by atoms with Crippen molar-refractivity contribution in [2.75, 3.05) is 27.3 Å². The predicted molar refractivity (Wildman–Crippen MR) is 88.0 cm³/mol. The van der Waals surface area contributed by atoms with Gasteiger partial charge in [0.2, 0.25) is 11.8 Å². The molecular weight excluding hydrogens is 356 g/mol. The summed E-state index contributed by atoms with van der Waals surface area (Å²) < 4.78 is 23.1. The van der Waals surface area contributed by atoms with Crippen LogP contribution < -0.4 is 0 Å². The van der Waals surface area contributed by atoms with E-state index in [4.69, 9.17) is 18.9 Å². The largest absolute Gasteiger partial charge is 0.350 e. The highest BCUT2D eigenvalue weighted by molar-refractivity contribution is 6.19. The van der Waals surface area contributed by atoms with Crippen molar-refractivity contribution in [3.63, 3.8) is 0 Å². The van der Waals surface area contributed by atoms with Crippen molar-refractivity contribution in [3.05, 3.63) is 0 Å². The first-order chi connectivity index (χ1) is 12.9. The summed E-state index contributed by atoms with van der Waals surface area (Å²) in [6, 6.07) is -0.602. The number of urea groups is 1. The summed E-state index contributed by atoms with van der Waals surface area (Å²) >= 11 is 0. The van der Waals surface area contributed by atoms with E-state index >= 15 is 0 Å². The zero-order valence-electron chi connectivity index (χ0n) is 15.5. The lowest BCUT2D eigenvalue weighted by molar-refractivity contribution is -0.195. The SMILES string of the molecule is CN1C(=O)N(C)C(=O)C([C@@H]2CC[C@H]3OC[C@H]2O3)([C@H]2CC[C@H]3OC[C@H]2O3)C1=O. The van der Waals surface area contributed by atoms with Crippen molar-refractivity contribution >= 4 is 17.8 Å². The second-order valence-corrected chi connectivity index (χ2v) is 8.12. The molecule has 4 bridgehead atoms. The summed E-state index contributed by atoms with van der Waals surface area (Å²) in [4.78, 5) is 41.8. The van der Waals surface area contributed by atoms with Crippen LogP contribution in [0.5, 0.6) is 0 Å². The quantitative estimate of drug-likeness (QED) is 0.637. The summed E-state index contributed by atoms with van der Waals surface area (Å²) in [6.07, 6.45) is 1.31. The molecule has 5 fully saturated rings. The molecular formula is C18H24N2O7. The van der Waals surface area contributed by atoms with Crippen LogP contribution in [0.4, 0.5) is 4.79 Å². The lowest BCUT2D eigenvalue weighted by Gasteiger charge is -2.53. The zero-order chi connectivity index (χ0) is 18.9. The minimum atomic E-state index is -1.40. The number of hydrogen-bond donors (Lipinski definition) is 0. The first-order valence-electron chi connectivity index (χ1n) is 9.59. The highest BCUT2D eigenvalue weighted by Crippen LogP contribution is 2.54. The summed E-state index contributed by atoms with van der Waals surface area (Å²) in [5.41, 5.74) is -1.40. The molecule has 5 saturated heterocycles. The molecule has 0 spiro atoms. The maximum Gasteiger partial charge on any atom is 0.332 e. The molecule has 0 radical (unpaired) electrons.